The molecule has 2 aliphatic rings. The maximum Gasteiger partial charge on any atom is 0.0166 e. The van der Waals surface area contributed by atoms with Crippen molar-refractivity contribution in [2.24, 2.45) is 5.92 Å². The van der Waals surface area contributed by atoms with Crippen molar-refractivity contribution in [3.05, 3.63) is 34.9 Å². The molecule has 1 heterocycles. The van der Waals surface area contributed by atoms with Crippen molar-refractivity contribution in [3.8, 4) is 0 Å². The topological polar surface area (TPSA) is 6.48 Å². The highest BCUT2D eigenvalue weighted by molar-refractivity contribution is 5.34. The summed E-state index contributed by atoms with van der Waals surface area (Å²) in [6, 6.07) is 7.77. The van der Waals surface area contributed by atoms with Crippen molar-refractivity contribution < 1.29 is 0 Å². The first-order valence-electron chi connectivity index (χ1n) is 7.64. The molecule has 3 rings (SSSR count). The number of hydrogen-bond donors (Lipinski definition) is 0. The standard InChI is InChI=1S/C17H26N2/c1-13-4-5-15-11-14(2)17(12-16(15)10-13)19-8-6-18(3)7-9-19/h4-5,10,14,17H,6-9,11-12H2,1-3H3. The van der Waals surface area contributed by atoms with Gasteiger partial charge in [0.25, 0.3) is 0 Å². The molecule has 2 heteroatoms. The van der Waals surface area contributed by atoms with Gasteiger partial charge >= 0.3 is 0 Å². The molecule has 0 saturated carbocycles. The van der Waals surface area contributed by atoms with Crippen molar-refractivity contribution in [2.75, 3.05) is 33.2 Å². The van der Waals surface area contributed by atoms with Crippen LogP contribution in [0.25, 0.3) is 0 Å². The molecule has 0 spiro atoms. The molecule has 2 unspecified atom stereocenters. The van der Waals surface area contributed by atoms with Gasteiger partial charge in [-0.1, -0.05) is 30.7 Å². The Balaban J connectivity index is 1.77. The Bertz CT molecular complexity index is 447. The number of hydrogen-bond acceptors (Lipinski definition) is 2. The summed E-state index contributed by atoms with van der Waals surface area (Å²) in [5.74, 6) is 0.790. The highest BCUT2D eigenvalue weighted by atomic mass is 15.3. The van der Waals surface area contributed by atoms with Crippen molar-refractivity contribution in [1.82, 2.24) is 9.80 Å². The number of aryl methyl sites for hydroxylation is 1. The Morgan fingerprint density at radius 3 is 2.47 bits per heavy atom. The number of likely N-dealkylation sites (N-methyl/N-ethyl adjacent to an activating group) is 1. The molecule has 1 aliphatic heterocycles. The summed E-state index contributed by atoms with van der Waals surface area (Å²) in [4.78, 5) is 5.18. The van der Waals surface area contributed by atoms with Crippen LogP contribution in [0.5, 0.6) is 0 Å². The van der Waals surface area contributed by atoms with E-state index in [-0.39, 0.29) is 0 Å². The fourth-order valence-electron chi connectivity index (χ4n) is 3.70. The summed E-state index contributed by atoms with van der Waals surface area (Å²) in [6.45, 7) is 9.59. The Labute approximate surface area is 117 Å². The van der Waals surface area contributed by atoms with Crippen LogP contribution in [-0.2, 0) is 12.8 Å². The molecule has 1 fully saturated rings. The first kappa shape index (κ1) is 13.1. The predicted molar refractivity (Wildman–Crippen MR) is 80.6 cm³/mol. The van der Waals surface area contributed by atoms with E-state index in [4.69, 9.17) is 0 Å². The highest BCUT2D eigenvalue weighted by Crippen LogP contribution is 2.30. The summed E-state index contributed by atoms with van der Waals surface area (Å²) in [6.07, 6.45) is 2.51. The molecule has 1 aliphatic carbocycles. The van der Waals surface area contributed by atoms with Crippen LogP contribution in [0.15, 0.2) is 18.2 Å². The van der Waals surface area contributed by atoms with Crippen LogP contribution >= 0.6 is 0 Å². The molecule has 1 aromatic rings. The zero-order valence-electron chi connectivity index (χ0n) is 12.5. The van der Waals surface area contributed by atoms with Gasteiger partial charge in [0.1, 0.15) is 0 Å². The van der Waals surface area contributed by atoms with E-state index in [1.165, 1.54) is 44.6 Å². The predicted octanol–water partition coefficient (Wildman–Crippen LogP) is 2.35. The van der Waals surface area contributed by atoms with Gasteiger partial charge < -0.3 is 4.90 Å². The Morgan fingerprint density at radius 2 is 1.74 bits per heavy atom. The summed E-state index contributed by atoms with van der Waals surface area (Å²) in [5.41, 5.74) is 4.59. The van der Waals surface area contributed by atoms with Crippen LogP contribution in [0.3, 0.4) is 0 Å². The third-order valence-corrected chi connectivity index (χ3v) is 5.00. The fraction of sp³-hybridized carbons (Fsp3) is 0.647. The molecule has 1 saturated heterocycles. The lowest BCUT2D eigenvalue weighted by atomic mass is 9.79. The molecular weight excluding hydrogens is 232 g/mol. The number of rotatable bonds is 1. The second-order valence-electron chi connectivity index (χ2n) is 6.56. The largest absolute Gasteiger partial charge is 0.304 e. The molecule has 19 heavy (non-hydrogen) atoms. The van der Waals surface area contributed by atoms with E-state index in [0.29, 0.717) is 0 Å². The average Bonchev–Trinajstić information content (AvgIpc) is 2.40. The minimum absolute atomic E-state index is 0.753. The van der Waals surface area contributed by atoms with Crippen LogP contribution in [0, 0.1) is 12.8 Å². The van der Waals surface area contributed by atoms with Crippen LogP contribution < -0.4 is 0 Å². The zero-order valence-corrected chi connectivity index (χ0v) is 12.5. The lowest BCUT2D eigenvalue weighted by Gasteiger charge is -2.43. The SMILES string of the molecule is Cc1ccc2c(c1)CC(N1CCN(C)CC1)C(C)C2. The van der Waals surface area contributed by atoms with Gasteiger partial charge in [-0.3, -0.25) is 4.90 Å². The normalized spacial score (nSPS) is 29.2. The smallest absolute Gasteiger partial charge is 0.0166 e. The second-order valence-corrected chi connectivity index (χ2v) is 6.56. The highest BCUT2D eigenvalue weighted by Gasteiger charge is 2.31. The zero-order chi connectivity index (χ0) is 13.4. The van der Waals surface area contributed by atoms with Crippen molar-refractivity contribution in [2.45, 2.75) is 32.7 Å². The van der Waals surface area contributed by atoms with E-state index < -0.39 is 0 Å². The van der Waals surface area contributed by atoms with Crippen LogP contribution in [-0.4, -0.2) is 49.1 Å². The van der Waals surface area contributed by atoms with Gasteiger partial charge in [0.05, 0.1) is 0 Å². The molecule has 0 N–H and O–H groups in total. The van der Waals surface area contributed by atoms with Crippen LogP contribution in [0.2, 0.25) is 0 Å². The summed E-state index contributed by atoms with van der Waals surface area (Å²) in [7, 11) is 2.24. The first-order valence-corrected chi connectivity index (χ1v) is 7.64. The third kappa shape index (κ3) is 2.70. The van der Waals surface area contributed by atoms with Gasteiger partial charge in [-0.05, 0) is 43.9 Å². The minimum atomic E-state index is 0.753. The number of nitrogens with zero attached hydrogens (tertiary/aromatic N) is 2. The Kier molecular flexibility index (Phi) is 3.64. The molecule has 0 aromatic heterocycles. The number of benzene rings is 1. The summed E-state index contributed by atoms with van der Waals surface area (Å²) in [5, 5.41) is 0. The van der Waals surface area contributed by atoms with Crippen LogP contribution in [0.4, 0.5) is 0 Å². The molecule has 1 aromatic carbocycles. The second kappa shape index (κ2) is 5.26. The first-order chi connectivity index (χ1) is 9.13. The van der Waals surface area contributed by atoms with Gasteiger partial charge in [-0.15, -0.1) is 0 Å². The van der Waals surface area contributed by atoms with Crippen molar-refractivity contribution >= 4 is 0 Å². The van der Waals surface area contributed by atoms with Crippen molar-refractivity contribution in [3.63, 3.8) is 0 Å². The van der Waals surface area contributed by atoms with E-state index in [1.54, 1.807) is 11.1 Å². The molecule has 2 atom stereocenters. The number of piperazine rings is 1. The van der Waals surface area contributed by atoms with Gasteiger partial charge in [0, 0.05) is 32.2 Å². The summed E-state index contributed by atoms with van der Waals surface area (Å²) < 4.78 is 0. The minimum Gasteiger partial charge on any atom is -0.304 e. The lowest BCUT2D eigenvalue weighted by molar-refractivity contribution is 0.0800. The Morgan fingerprint density at radius 1 is 1.00 bits per heavy atom. The molecule has 104 valence electrons. The maximum absolute atomic E-state index is 2.73. The molecule has 2 nitrogen and oxygen atoms in total. The number of fused-ring (bicyclic) bond motifs is 1. The molecular formula is C17H26N2. The van der Waals surface area contributed by atoms with E-state index in [2.05, 4.69) is 48.9 Å². The Hall–Kier alpha value is -0.860. The average molecular weight is 258 g/mol. The van der Waals surface area contributed by atoms with E-state index in [0.717, 1.165) is 12.0 Å². The van der Waals surface area contributed by atoms with Gasteiger partial charge in [0.2, 0.25) is 0 Å². The summed E-state index contributed by atoms with van der Waals surface area (Å²) >= 11 is 0. The lowest BCUT2D eigenvalue weighted by Crippen LogP contribution is -2.53. The van der Waals surface area contributed by atoms with Crippen molar-refractivity contribution in [1.29, 1.82) is 0 Å². The molecule has 0 radical (unpaired) electrons. The van der Waals surface area contributed by atoms with Crippen LogP contribution in [0.1, 0.15) is 23.6 Å². The van der Waals surface area contributed by atoms with E-state index in [1.807, 2.05) is 0 Å². The fourth-order valence-corrected chi connectivity index (χ4v) is 3.70. The monoisotopic (exact) mass is 258 g/mol. The molecule has 0 bridgehead atoms. The van der Waals surface area contributed by atoms with Gasteiger partial charge in [-0.25, -0.2) is 0 Å². The maximum atomic E-state index is 2.73. The van der Waals surface area contributed by atoms with E-state index in [9.17, 15) is 0 Å². The van der Waals surface area contributed by atoms with E-state index >= 15 is 0 Å². The molecule has 0 amide bonds. The van der Waals surface area contributed by atoms with Gasteiger partial charge in [0.15, 0.2) is 0 Å². The third-order valence-electron chi connectivity index (χ3n) is 5.00. The quantitative estimate of drug-likeness (QED) is 0.763. The van der Waals surface area contributed by atoms with Gasteiger partial charge in [-0.2, -0.15) is 0 Å².